The van der Waals surface area contributed by atoms with Crippen LogP contribution in [0.5, 0.6) is 11.5 Å². The van der Waals surface area contributed by atoms with Gasteiger partial charge < -0.3 is 24.6 Å². The van der Waals surface area contributed by atoms with E-state index in [1.165, 1.54) is 7.11 Å². The lowest BCUT2D eigenvalue weighted by molar-refractivity contribution is -0.146. The van der Waals surface area contributed by atoms with Crippen molar-refractivity contribution in [3.8, 4) is 11.5 Å². The van der Waals surface area contributed by atoms with Gasteiger partial charge in [0.05, 0.1) is 25.8 Å². The molecule has 2 rings (SSSR count). The molecule has 0 aliphatic carbocycles. The zero-order valence-electron chi connectivity index (χ0n) is 12.9. The number of hydrogen-bond acceptors (Lipinski definition) is 7. The average Bonchev–Trinajstić information content (AvgIpc) is 2.92. The summed E-state index contributed by atoms with van der Waals surface area (Å²) in [6, 6.07) is 5.10. The largest absolute Gasteiger partial charge is 0.504 e. The van der Waals surface area contributed by atoms with Crippen LogP contribution in [0.1, 0.15) is 12.5 Å². The van der Waals surface area contributed by atoms with Crippen LogP contribution in [0.15, 0.2) is 23.2 Å². The van der Waals surface area contributed by atoms with Gasteiger partial charge in [-0.05, 0) is 19.1 Å². The zero-order chi connectivity index (χ0) is 16.2. The Kier molecular flexibility index (Phi) is 4.87. The minimum atomic E-state index is -0.927. The van der Waals surface area contributed by atoms with Crippen molar-refractivity contribution in [2.75, 3.05) is 34.0 Å². The third kappa shape index (κ3) is 3.14. The molecule has 7 heteroatoms. The molecule has 0 aromatic heterocycles. The predicted octanol–water partition coefficient (Wildman–Crippen LogP) is 0.699. The lowest BCUT2D eigenvalue weighted by Gasteiger charge is -2.21. The van der Waals surface area contributed by atoms with Crippen molar-refractivity contribution in [1.29, 1.82) is 0 Å². The molecular formula is C15H20N2O5. The van der Waals surface area contributed by atoms with Crippen LogP contribution in [0, 0.1) is 0 Å². The molecule has 0 radical (unpaired) electrons. The molecule has 1 atom stereocenters. The van der Waals surface area contributed by atoms with Crippen LogP contribution in [0.25, 0.3) is 0 Å². The van der Waals surface area contributed by atoms with Gasteiger partial charge in [-0.3, -0.25) is 4.99 Å². The molecule has 0 fully saturated rings. The average molecular weight is 308 g/mol. The van der Waals surface area contributed by atoms with Gasteiger partial charge in [-0.25, -0.2) is 4.79 Å². The van der Waals surface area contributed by atoms with Crippen molar-refractivity contribution in [3.05, 3.63) is 23.8 Å². The first-order valence-corrected chi connectivity index (χ1v) is 6.87. The molecule has 120 valence electrons. The first-order chi connectivity index (χ1) is 10.5. The van der Waals surface area contributed by atoms with E-state index < -0.39 is 11.5 Å². The summed E-state index contributed by atoms with van der Waals surface area (Å²) in [5.74, 6) is 0.338. The molecule has 1 heterocycles. The fraction of sp³-hybridized carbons (Fsp3) is 0.467. The highest BCUT2D eigenvalue weighted by molar-refractivity contribution is 6.06. The number of phenolic OH excluding ortho intramolecular Hbond substituents is 1. The predicted molar refractivity (Wildman–Crippen MR) is 80.4 cm³/mol. The maximum absolute atomic E-state index is 11.8. The quantitative estimate of drug-likeness (QED) is 0.594. The van der Waals surface area contributed by atoms with Crippen LogP contribution in [0.3, 0.4) is 0 Å². The molecule has 0 saturated heterocycles. The Hall–Kier alpha value is -2.28. The minimum absolute atomic E-state index is 0.0287. The second kappa shape index (κ2) is 6.65. The molecule has 2 N–H and O–H groups in total. The second-order valence-electron chi connectivity index (χ2n) is 5.11. The molecule has 7 nitrogen and oxygen atoms in total. The highest BCUT2D eigenvalue weighted by Gasteiger charge is 2.40. The third-order valence-electron chi connectivity index (χ3n) is 3.38. The molecule has 1 aliphatic heterocycles. The maximum atomic E-state index is 11.8. The molecule has 1 aromatic carbocycles. The normalized spacial score (nSPS) is 20.2. The molecule has 0 amide bonds. The van der Waals surface area contributed by atoms with Gasteiger partial charge in [0.2, 0.25) is 0 Å². The van der Waals surface area contributed by atoms with Gasteiger partial charge in [0.1, 0.15) is 12.4 Å². The number of rotatable bonds is 6. The summed E-state index contributed by atoms with van der Waals surface area (Å²) in [6.45, 7) is 2.69. The van der Waals surface area contributed by atoms with Gasteiger partial charge in [-0.2, -0.15) is 0 Å². The Labute approximate surface area is 128 Å². The van der Waals surface area contributed by atoms with E-state index in [1.54, 1.807) is 32.2 Å². The summed E-state index contributed by atoms with van der Waals surface area (Å²) in [5.41, 5.74) is -0.453. The molecule has 0 saturated carbocycles. The first kappa shape index (κ1) is 16.1. The number of methoxy groups -OCH3 is 2. The van der Waals surface area contributed by atoms with Crippen molar-refractivity contribution in [2.45, 2.75) is 12.5 Å². The molecule has 1 aromatic rings. The molecule has 0 bridgehead atoms. The highest BCUT2D eigenvalue weighted by atomic mass is 16.5. The van der Waals surface area contributed by atoms with Gasteiger partial charge in [0.15, 0.2) is 17.0 Å². The number of hydrogen-bond donors (Lipinski definition) is 2. The summed E-state index contributed by atoms with van der Waals surface area (Å²) < 4.78 is 15.1. The van der Waals surface area contributed by atoms with Gasteiger partial charge in [0.25, 0.3) is 0 Å². The SMILES string of the molecule is COCCOc1cccc(C2=NCC(C)(C(=O)OC)N2)c1O. The maximum Gasteiger partial charge on any atom is 0.333 e. The number of esters is 1. The van der Waals surface area contributed by atoms with Crippen LogP contribution in [-0.2, 0) is 14.3 Å². The highest BCUT2D eigenvalue weighted by Crippen LogP contribution is 2.31. The van der Waals surface area contributed by atoms with Gasteiger partial charge in [0, 0.05) is 7.11 Å². The number of carbonyl (C=O) groups excluding carboxylic acids is 1. The van der Waals surface area contributed by atoms with Crippen LogP contribution in [-0.4, -0.2) is 56.4 Å². The number of ether oxygens (including phenoxy) is 3. The minimum Gasteiger partial charge on any atom is -0.504 e. The van der Waals surface area contributed by atoms with E-state index in [1.807, 2.05) is 0 Å². The number of phenols is 1. The van der Waals surface area contributed by atoms with Crippen LogP contribution in [0.2, 0.25) is 0 Å². The number of carbonyl (C=O) groups is 1. The lowest BCUT2D eigenvalue weighted by atomic mass is 10.0. The summed E-state index contributed by atoms with van der Waals surface area (Å²) in [7, 11) is 2.90. The van der Waals surface area contributed by atoms with Crippen molar-refractivity contribution in [1.82, 2.24) is 5.32 Å². The number of aliphatic imine (C=N–C) groups is 1. The van der Waals surface area contributed by atoms with E-state index in [2.05, 4.69) is 10.3 Å². The Bertz CT molecular complexity index is 587. The molecule has 1 unspecified atom stereocenters. The fourth-order valence-electron chi connectivity index (χ4n) is 2.14. The summed E-state index contributed by atoms with van der Waals surface area (Å²) in [4.78, 5) is 16.1. The number of aromatic hydroxyl groups is 1. The summed E-state index contributed by atoms with van der Waals surface area (Å²) in [5, 5.41) is 13.3. The van der Waals surface area contributed by atoms with E-state index in [0.29, 0.717) is 30.4 Å². The number of nitrogens with one attached hydrogen (secondary N) is 1. The third-order valence-corrected chi connectivity index (χ3v) is 3.38. The number of amidine groups is 1. The molecular weight excluding hydrogens is 288 g/mol. The van der Waals surface area contributed by atoms with E-state index >= 15 is 0 Å². The molecule has 1 aliphatic rings. The Balaban J connectivity index is 2.17. The number of benzene rings is 1. The van der Waals surface area contributed by atoms with Gasteiger partial charge >= 0.3 is 5.97 Å². The van der Waals surface area contributed by atoms with Crippen LogP contribution >= 0.6 is 0 Å². The van der Waals surface area contributed by atoms with Crippen molar-refractivity contribution in [3.63, 3.8) is 0 Å². The van der Waals surface area contributed by atoms with E-state index in [-0.39, 0.29) is 12.3 Å². The lowest BCUT2D eigenvalue weighted by Crippen LogP contribution is -2.50. The van der Waals surface area contributed by atoms with Gasteiger partial charge in [-0.1, -0.05) is 6.07 Å². The molecule has 0 spiro atoms. The van der Waals surface area contributed by atoms with Crippen molar-refractivity contribution in [2.24, 2.45) is 4.99 Å². The summed E-state index contributed by atoms with van der Waals surface area (Å²) in [6.07, 6.45) is 0. The Morgan fingerprint density at radius 1 is 1.41 bits per heavy atom. The molecule has 22 heavy (non-hydrogen) atoms. The number of para-hydroxylation sites is 1. The van der Waals surface area contributed by atoms with E-state index in [9.17, 15) is 9.90 Å². The van der Waals surface area contributed by atoms with E-state index in [0.717, 1.165) is 0 Å². The Morgan fingerprint density at radius 2 is 2.18 bits per heavy atom. The van der Waals surface area contributed by atoms with Crippen molar-refractivity contribution >= 4 is 11.8 Å². The van der Waals surface area contributed by atoms with Crippen LogP contribution in [0.4, 0.5) is 0 Å². The smallest absolute Gasteiger partial charge is 0.333 e. The standard InChI is InChI=1S/C15H20N2O5/c1-15(14(19)21-3)9-16-13(17-15)10-5-4-6-11(12(10)18)22-8-7-20-2/h4-6,18H,7-9H2,1-3H3,(H,16,17). The first-order valence-electron chi connectivity index (χ1n) is 6.87. The second-order valence-corrected chi connectivity index (χ2v) is 5.11. The summed E-state index contributed by atoms with van der Waals surface area (Å²) >= 11 is 0. The monoisotopic (exact) mass is 308 g/mol. The number of nitrogens with zero attached hydrogens (tertiary/aromatic N) is 1. The van der Waals surface area contributed by atoms with Crippen LogP contribution < -0.4 is 10.1 Å². The Morgan fingerprint density at radius 3 is 2.86 bits per heavy atom. The van der Waals surface area contributed by atoms with Crippen molar-refractivity contribution < 1.29 is 24.1 Å². The van der Waals surface area contributed by atoms with E-state index in [4.69, 9.17) is 14.2 Å². The zero-order valence-corrected chi connectivity index (χ0v) is 12.9. The topological polar surface area (TPSA) is 89.4 Å². The van der Waals surface area contributed by atoms with Gasteiger partial charge in [-0.15, -0.1) is 0 Å². The fourth-order valence-corrected chi connectivity index (χ4v) is 2.14.